The average molecular weight is 549 g/mol. The molecule has 2 N–H and O–H groups in total. The van der Waals surface area contributed by atoms with Crippen LogP contribution in [0.5, 0.6) is 11.5 Å². The zero-order valence-corrected chi connectivity index (χ0v) is 21.2. The highest BCUT2D eigenvalue weighted by Crippen LogP contribution is 2.16. The zero-order valence-electron chi connectivity index (χ0n) is 18.9. The first-order valence-corrected chi connectivity index (χ1v) is 10.5. The van der Waals surface area contributed by atoms with Crippen LogP contribution >= 0.6 is 24.0 Å². The number of hydrogen-bond donors (Lipinski definition) is 2. The molecule has 0 spiro atoms. The number of ether oxygens (including phenoxy) is 2. The second kappa shape index (κ2) is 13.6. The van der Waals surface area contributed by atoms with Gasteiger partial charge in [-0.05, 0) is 49.2 Å². The zero-order chi connectivity index (χ0) is 21.9. The Morgan fingerprint density at radius 3 is 2.50 bits per heavy atom. The molecule has 0 radical (unpaired) electrons. The van der Waals surface area contributed by atoms with Crippen molar-refractivity contribution in [3.8, 4) is 11.5 Å². The molecule has 0 aliphatic rings. The van der Waals surface area contributed by atoms with Crippen molar-refractivity contribution >= 4 is 29.9 Å². The van der Waals surface area contributed by atoms with Gasteiger partial charge in [-0.25, -0.2) is 9.98 Å². The first-order valence-electron chi connectivity index (χ1n) is 10.5. The van der Waals surface area contributed by atoms with Crippen LogP contribution in [0.4, 0.5) is 0 Å². The van der Waals surface area contributed by atoms with Gasteiger partial charge in [-0.15, -0.1) is 24.0 Å². The van der Waals surface area contributed by atoms with Gasteiger partial charge in [0.1, 0.15) is 23.9 Å². The summed E-state index contributed by atoms with van der Waals surface area (Å²) in [7, 11) is 1.65. The molecule has 3 aromatic rings. The standard InChI is InChI=1S/C24H31N5O2.HI/c1-4-25-24(27-13-15-31-23-10-8-22(30-3)9-11-23)28-17-20-6-5-7-21(16-20)18-29-14-12-26-19(29)2;/h5-12,14,16H,4,13,15,17-18H2,1-3H3,(H2,25,27,28);1H. The van der Waals surface area contributed by atoms with E-state index in [2.05, 4.69) is 51.4 Å². The Labute approximate surface area is 207 Å². The van der Waals surface area contributed by atoms with Gasteiger partial charge in [0.2, 0.25) is 0 Å². The number of aryl methyl sites for hydroxylation is 1. The second-order valence-corrected chi connectivity index (χ2v) is 7.07. The van der Waals surface area contributed by atoms with Crippen molar-refractivity contribution in [2.75, 3.05) is 26.8 Å². The Kier molecular flexibility index (Phi) is 10.9. The normalized spacial score (nSPS) is 10.9. The van der Waals surface area contributed by atoms with E-state index in [0.717, 1.165) is 36.4 Å². The first-order chi connectivity index (χ1) is 15.2. The van der Waals surface area contributed by atoms with Crippen LogP contribution in [0.15, 0.2) is 65.9 Å². The maximum atomic E-state index is 5.76. The first kappa shape index (κ1) is 25.5. The number of methoxy groups -OCH3 is 1. The Morgan fingerprint density at radius 2 is 1.81 bits per heavy atom. The summed E-state index contributed by atoms with van der Waals surface area (Å²) in [5.74, 6) is 3.42. The smallest absolute Gasteiger partial charge is 0.191 e. The van der Waals surface area contributed by atoms with Gasteiger partial charge in [0.05, 0.1) is 20.2 Å². The molecule has 1 aromatic heterocycles. The van der Waals surface area contributed by atoms with Crippen LogP contribution in [0.2, 0.25) is 0 Å². The van der Waals surface area contributed by atoms with Crippen LogP contribution in [0.25, 0.3) is 0 Å². The van der Waals surface area contributed by atoms with Crippen LogP contribution in [0, 0.1) is 6.92 Å². The summed E-state index contributed by atoms with van der Waals surface area (Å²) >= 11 is 0. The van der Waals surface area contributed by atoms with Crippen LogP contribution in [0.1, 0.15) is 23.9 Å². The molecule has 0 saturated carbocycles. The van der Waals surface area contributed by atoms with Crippen molar-refractivity contribution in [1.29, 1.82) is 0 Å². The molecule has 0 aliphatic heterocycles. The van der Waals surface area contributed by atoms with Crippen molar-refractivity contribution < 1.29 is 9.47 Å². The van der Waals surface area contributed by atoms with Gasteiger partial charge in [-0.2, -0.15) is 0 Å². The summed E-state index contributed by atoms with van der Waals surface area (Å²) in [5, 5.41) is 6.60. The molecule has 32 heavy (non-hydrogen) atoms. The number of benzene rings is 2. The van der Waals surface area contributed by atoms with E-state index in [4.69, 9.17) is 14.5 Å². The van der Waals surface area contributed by atoms with Crippen molar-refractivity contribution in [3.63, 3.8) is 0 Å². The fraction of sp³-hybridized carbons (Fsp3) is 0.333. The number of hydrogen-bond acceptors (Lipinski definition) is 4. The second-order valence-electron chi connectivity index (χ2n) is 7.07. The third-order valence-electron chi connectivity index (χ3n) is 4.75. The molecule has 3 rings (SSSR count). The van der Waals surface area contributed by atoms with Crippen LogP contribution in [-0.2, 0) is 13.1 Å². The fourth-order valence-electron chi connectivity index (χ4n) is 3.12. The minimum Gasteiger partial charge on any atom is -0.497 e. The number of rotatable bonds is 10. The SMILES string of the molecule is CCNC(=NCc1cccc(Cn2ccnc2C)c1)NCCOc1ccc(OC)cc1.I. The lowest BCUT2D eigenvalue weighted by atomic mass is 10.1. The lowest BCUT2D eigenvalue weighted by molar-refractivity contribution is 0.321. The van der Waals surface area contributed by atoms with Gasteiger partial charge < -0.3 is 24.7 Å². The third-order valence-corrected chi connectivity index (χ3v) is 4.75. The molecule has 0 saturated heterocycles. The maximum Gasteiger partial charge on any atom is 0.191 e. The Balaban J connectivity index is 0.00000363. The van der Waals surface area contributed by atoms with E-state index >= 15 is 0 Å². The molecule has 7 nitrogen and oxygen atoms in total. The van der Waals surface area contributed by atoms with Gasteiger partial charge in [-0.1, -0.05) is 24.3 Å². The molecular formula is C24H32IN5O2. The van der Waals surface area contributed by atoms with Gasteiger partial charge in [-0.3, -0.25) is 0 Å². The van der Waals surface area contributed by atoms with Crippen molar-refractivity contribution in [2.45, 2.75) is 26.9 Å². The van der Waals surface area contributed by atoms with Gasteiger partial charge >= 0.3 is 0 Å². The largest absolute Gasteiger partial charge is 0.497 e. The molecule has 1 heterocycles. The maximum absolute atomic E-state index is 5.76. The number of aromatic nitrogens is 2. The Morgan fingerprint density at radius 1 is 1.06 bits per heavy atom. The Bertz CT molecular complexity index is 973. The van der Waals surface area contributed by atoms with E-state index in [-0.39, 0.29) is 24.0 Å². The molecule has 0 unspecified atom stereocenters. The third kappa shape index (κ3) is 8.07. The number of nitrogens with one attached hydrogen (secondary N) is 2. The summed E-state index contributed by atoms with van der Waals surface area (Å²) in [6, 6.07) is 16.1. The summed E-state index contributed by atoms with van der Waals surface area (Å²) < 4.78 is 13.1. The number of nitrogens with zero attached hydrogens (tertiary/aromatic N) is 3. The molecule has 0 atom stereocenters. The topological polar surface area (TPSA) is 72.7 Å². The lowest BCUT2D eigenvalue weighted by Gasteiger charge is -2.12. The van der Waals surface area contributed by atoms with Gasteiger partial charge in [0.25, 0.3) is 0 Å². The number of guanidine groups is 1. The molecule has 0 fully saturated rings. The molecule has 2 aromatic carbocycles. The number of imidazole rings is 1. The minimum absolute atomic E-state index is 0. The molecular weight excluding hydrogens is 517 g/mol. The quantitative estimate of drug-likeness (QED) is 0.173. The summed E-state index contributed by atoms with van der Waals surface area (Å²) in [5.41, 5.74) is 2.40. The monoisotopic (exact) mass is 549 g/mol. The van der Waals surface area contributed by atoms with E-state index in [9.17, 15) is 0 Å². The van der Waals surface area contributed by atoms with Crippen molar-refractivity contribution in [1.82, 2.24) is 20.2 Å². The summed E-state index contributed by atoms with van der Waals surface area (Å²) in [4.78, 5) is 9.00. The predicted octanol–water partition coefficient (Wildman–Crippen LogP) is 4.00. The van der Waals surface area contributed by atoms with Crippen molar-refractivity contribution in [3.05, 3.63) is 77.9 Å². The van der Waals surface area contributed by atoms with Crippen LogP contribution < -0.4 is 20.1 Å². The molecule has 172 valence electrons. The van der Waals surface area contributed by atoms with Gasteiger partial charge in [0, 0.05) is 25.5 Å². The summed E-state index contributed by atoms with van der Waals surface area (Å²) in [6.07, 6.45) is 3.83. The minimum atomic E-state index is 0. The molecule has 0 amide bonds. The molecule has 8 heteroatoms. The highest BCUT2D eigenvalue weighted by molar-refractivity contribution is 14.0. The molecule has 0 aliphatic carbocycles. The van der Waals surface area contributed by atoms with E-state index in [1.54, 1.807) is 7.11 Å². The Hall–Kier alpha value is -2.75. The average Bonchev–Trinajstić information content (AvgIpc) is 3.20. The van der Waals surface area contributed by atoms with Crippen molar-refractivity contribution in [2.24, 2.45) is 4.99 Å². The predicted molar refractivity (Wildman–Crippen MR) is 139 cm³/mol. The fourth-order valence-corrected chi connectivity index (χ4v) is 3.12. The number of aliphatic imine (C=N–C) groups is 1. The van der Waals surface area contributed by atoms with E-state index < -0.39 is 0 Å². The summed E-state index contributed by atoms with van der Waals surface area (Å²) in [6.45, 7) is 7.47. The van der Waals surface area contributed by atoms with E-state index in [1.807, 2.05) is 43.6 Å². The number of halogens is 1. The van der Waals surface area contributed by atoms with E-state index in [0.29, 0.717) is 19.7 Å². The van der Waals surface area contributed by atoms with Gasteiger partial charge in [0.15, 0.2) is 5.96 Å². The van der Waals surface area contributed by atoms with Crippen LogP contribution in [-0.4, -0.2) is 42.3 Å². The highest BCUT2D eigenvalue weighted by atomic mass is 127. The van der Waals surface area contributed by atoms with Crippen LogP contribution in [0.3, 0.4) is 0 Å². The highest BCUT2D eigenvalue weighted by Gasteiger charge is 2.02. The lowest BCUT2D eigenvalue weighted by Crippen LogP contribution is -2.39. The van der Waals surface area contributed by atoms with E-state index in [1.165, 1.54) is 11.1 Å². The molecule has 0 bridgehead atoms.